The molecular weight excluding hydrogens is 278 g/mol. The molecule has 1 saturated carbocycles. The molecule has 1 fully saturated rings. The maximum atomic E-state index is 12.7. The van der Waals surface area contributed by atoms with Crippen molar-refractivity contribution in [1.29, 1.82) is 0 Å². The standard InChI is InChI=1S/C18H23NO3/c1-13(2)18(11-3-4-12-18)17(22)19-15-8-5-14(6-9-15)7-10-16(20)21/h5-10,13H,3-4,11-12H2,1-2H3,(H,19,22)(H,20,21)/b10-7+. The van der Waals surface area contributed by atoms with Crippen molar-refractivity contribution in [3.8, 4) is 0 Å². The second-order valence-corrected chi connectivity index (χ2v) is 6.27. The van der Waals surface area contributed by atoms with Crippen molar-refractivity contribution < 1.29 is 14.7 Å². The van der Waals surface area contributed by atoms with Gasteiger partial charge in [0.2, 0.25) is 5.91 Å². The Morgan fingerprint density at radius 1 is 1.18 bits per heavy atom. The topological polar surface area (TPSA) is 66.4 Å². The second kappa shape index (κ2) is 6.77. The molecule has 0 aliphatic heterocycles. The highest BCUT2D eigenvalue weighted by Gasteiger charge is 2.43. The number of carboxylic acids is 1. The molecule has 0 aromatic heterocycles. The van der Waals surface area contributed by atoms with Crippen LogP contribution in [-0.4, -0.2) is 17.0 Å². The number of benzene rings is 1. The van der Waals surface area contributed by atoms with Gasteiger partial charge in [-0.15, -0.1) is 0 Å². The Labute approximate surface area is 131 Å². The number of carbonyl (C=O) groups excluding carboxylic acids is 1. The molecule has 0 bridgehead atoms. The van der Waals surface area contributed by atoms with Crippen molar-refractivity contribution in [2.45, 2.75) is 39.5 Å². The Bertz CT molecular complexity index is 566. The lowest BCUT2D eigenvalue weighted by molar-refractivity contribution is -0.131. The van der Waals surface area contributed by atoms with E-state index in [1.165, 1.54) is 6.08 Å². The van der Waals surface area contributed by atoms with E-state index in [4.69, 9.17) is 5.11 Å². The molecule has 2 N–H and O–H groups in total. The zero-order valence-electron chi connectivity index (χ0n) is 13.1. The van der Waals surface area contributed by atoms with Crippen molar-refractivity contribution >= 4 is 23.6 Å². The van der Waals surface area contributed by atoms with E-state index in [9.17, 15) is 9.59 Å². The van der Waals surface area contributed by atoms with Crippen LogP contribution >= 0.6 is 0 Å². The normalized spacial score (nSPS) is 17.0. The number of hydrogen-bond acceptors (Lipinski definition) is 2. The maximum Gasteiger partial charge on any atom is 0.328 e. The van der Waals surface area contributed by atoms with Gasteiger partial charge in [-0.25, -0.2) is 4.79 Å². The summed E-state index contributed by atoms with van der Waals surface area (Å²) in [6, 6.07) is 7.21. The largest absolute Gasteiger partial charge is 0.478 e. The van der Waals surface area contributed by atoms with Crippen molar-refractivity contribution in [3.05, 3.63) is 35.9 Å². The molecule has 0 heterocycles. The SMILES string of the molecule is CC(C)C1(C(=O)Nc2ccc(/C=C/C(=O)O)cc2)CCCC1. The van der Waals surface area contributed by atoms with E-state index >= 15 is 0 Å². The monoisotopic (exact) mass is 301 g/mol. The van der Waals surface area contributed by atoms with Gasteiger partial charge >= 0.3 is 5.97 Å². The molecule has 1 aliphatic carbocycles. The number of anilines is 1. The lowest BCUT2D eigenvalue weighted by Crippen LogP contribution is -2.38. The first-order chi connectivity index (χ1) is 10.4. The van der Waals surface area contributed by atoms with Crippen molar-refractivity contribution in [1.82, 2.24) is 0 Å². The lowest BCUT2D eigenvalue weighted by Gasteiger charge is -2.31. The Morgan fingerprint density at radius 3 is 2.27 bits per heavy atom. The lowest BCUT2D eigenvalue weighted by atomic mass is 9.75. The Kier molecular flexibility index (Phi) is 5.01. The molecule has 1 aromatic rings. The number of aliphatic carboxylic acids is 1. The van der Waals surface area contributed by atoms with Crippen LogP contribution in [0.2, 0.25) is 0 Å². The third kappa shape index (κ3) is 3.56. The predicted molar refractivity (Wildman–Crippen MR) is 87.5 cm³/mol. The number of amides is 1. The summed E-state index contributed by atoms with van der Waals surface area (Å²) in [5.74, 6) is -0.543. The second-order valence-electron chi connectivity index (χ2n) is 6.27. The van der Waals surface area contributed by atoms with Gasteiger partial charge in [-0.3, -0.25) is 4.79 Å². The predicted octanol–water partition coefficient (Wildman–Crippen LogP) is 3.94. The van der Waals surface area contributed by atoms with Crippen LogP contribution in [0.25, 0.3) is 6.08 Å². The van der Waals surface area contributed by atoms with Crippen molar-refractivity contribution in [3.63, 3.8) is 0 Å². The van der Waals surface area contributed by atoms with Crippen LogP contribution in [0.1, 0.15) is 45.1 Å². The molecule has 22 heavy (non-hydrogen) atoms. The van der Waals surface area contributed by atoms with E-state index in [-0.39, 0.29) is 11.3 Å². The molecule has 1 aliphatic rings. The first-order valence-corrected chi connectivity index (χ1v) is 7.76. The summed E-state index contributed by atoms with van der Waals surface area (Å²) in [6.07, 6.45) is 6.77. The molecule has 0 spiro atoms. The third-order valence-electron chi connectivity index (χ3n) is 4.64. The zero-order chi connectivity index (χ0) is 16.2. The molecule has 2 rings (SSSR count). The molecule has 4 heteroatoms. The smallest absolute Gasteiger partial charge is 0.328 e. The van der Waals surface area contributed by atoms with Gasteiger partial charge in [0.05, 0.1) is 5.41 Å². The average Bonchev–Trinajstić information content (AvgIpc) is 2.97. The summed E-state index contributed by atoms with van der Waals surface area (Å²) in [7, 11) is 0. The van der Waals surface area contributed by atoms with Gasteiger partial charge in [0.1, 0.15) is 0 Å². The van der Waals surface area contributed by atoms with Crippen LogP contribution in [0.15, 0.2) is 30.3 Å². The summed E-state index contributed by atoms with van der Waals surface area (Å²) in [4.78, 5) is 23.2. The zero-order valence-corrected chi connectivity index (χ0v) is 13.1. The molecule has 4 nitrogen and oxygen atoms in total. The van der Waals surface area contributed by atoms with Crippen LogP contribution in [-0.2, 0) is 9.59 Å². The average molecular weight is 301 g/mol. The fourth-order valence-corrected chi connectivity index (χ4v) is 3.17. The summed E-state index contributed by atoms with van der Waals surface area (Å²) < 4.78 is 0. The number of carbonyl (C=O) groups is 2. The quantitative estimate of drug-likeness (QED) is 0.809. The van der Waals surface area contributed by atoms with Gasteiger partial charge in [-0.2, -0.15) is 0 Å². The van der Waals surface area contributed by atoms with Gasteiger partial charge in [-0.05, 0) is 42.5 Å². The minimum Gasteiger partial charge on any atom is -0.478 e. The van der Waals surface area contributed by atoms with E-state index in [0.717, 1.165) is 43.0 Å². The summed E-state index contributed by atoms with van der Waals surface area (Å²) >= 11 is 0. The molecule has 1 aromatic carbocycles. The van der Waals surface area contributed by atoms with Crippen LogP contribution in [0, 0.1) is 11.3 Å². The van der Waals surface area contributed by atoms with Crippen LogP contribution in [0.3, 0.4) is 0 Å². The highest BCUT2D eigenvalue weighted by molar-refractivity contribution is 5.95. The maximum absolute atomic E-state index is 12.7. The van der Waals surface area contributed by atoms with Gasteiger partial charge in [-0.1, -0.05) is 38.8 Å². The Morgan fingerprint density at radius 2 is 1.77 bits per heavy atom. The number of carboxylic acid groups (broad SMARTS) is 1. The van der Waals surface area contributed by atoms with Crippen LogP contribution < -0.4 is 5.32 Å². The van der Waals surface area contributed by atoms with Gasteiger partial charge in [0.15, 0.2) is 0 Å². The van der Waals surface area contributed by atoms with E-state index < -0.39 is 5.97 Å². The van der Waals surface area contributed by atoms with E-state index in [1.807, 2.05) is 12.1 Å². The third-order valence-corrected chi connectivity index (χ3v) is 4.64. The summed E-state index contributed by atoms with van der Waals surface area (Å²) in [5, 5.41) is 11.6. The van der Waals surface area contributed by atoms with E-state index in [2.05, 4.69) is 19.2 Å². The van der Waals surface area contributed by atoms with Crippen molar-refractivity contribution in [2.24, 2.45) is 11.3 Å². The molecule has 0 atom stereocenters. The van der Waals surface area contributed by atoms with Crippen LogP contribution in [0.4, 0.5) is 5.69 Å². The fourth-order valence-electron chi connectivity index (χ4n) is 3.17. The van der Waals surface area contributed by atoms with E-state index in [0.29, 0.717) is 5.92 Å². The number of rotatable bonds is 5. The minimum absolute atomic E-state index is 0.105. The first kappa shape index (κ1) is 16.3. The molecular formula is C18H23NO3. The van der Waals surface area contributed by atoms with Gasteiger partial charge in [0, 0.05) is 11.8 Å². The fraction of sp³-hybridized carbons (Fsp3) is 0.444. The summed E-state index contributed by atoms with van der Waals surface area (Å²) in [5.41, 5.74) is 1.30. The Hall–Kier alpha value is -2.10. The highest BCUT2D eigenvalue weighted by atomic mass is 16.4. The highest BCUT2D eigenvalue weighted by Crippen LogP contribution is 2.45. The minimum atomic E-state index is -0.975. The molecule has 0 unspecified atom stereocenters. The Balaban J connectivity index is 2.07. The molecule has 0 radical (unpaired) electrons. The number of hydrogen-bond donors (Lipinski definition) is 2. The molecule has 118 valence electrons. The van der Waals surface area contributed by atoms with Crippen LogP contribution in [0.5, 0.6) is 0 Å². The van der Waals surface area contributed by atoms with Gasteiger partial charge < -0.3 is 10.4 Å². The van der Waals surface area contributed by atoms with Crippen molar-refractivity contribution in [2.75, 3.05) is 5.32 Å². The first-order valence-electron chi connectivity index (χ1n) is 7.76. The number of nitrogens with one attached hydrogen (secondary N) is 1. The van der Waals surface area contributed by atoms with Gasteiger partial charge in [0.25, 0.3) is 0 Å². The molecule has 0 saturated heterocycles. The summed E-state index contributed by atoms with van der Waals surface area (Å²) in [6.45, 7) is 4.23. The molecule has 1 amide bonds. The van der Waals surface area contributed by atoms with E-state index in [1.54, 1.807) is 12.1 Å².